The van der Waals surface area contributed by atoms with Crippen molar-refractivity contribution >= 4 is 0 Å². The SMILES string of the molecule is CN[C@@H]1[C@@H](O)[C@@H](O[C@H]2[C@H](NCC(O)CN)C[C@H](N)C([C@H]3OC(CN)=CC[C@H]3NC(N)N)[C@@H]2O)OC[C@]1(C)O. The molecule has 0 aromatic carbocycles. The number of nitrogens with one attached hydrogen (secondary N) is 3. The van der Waals surface area contributed by atoms with Gasteiger partial charge in [-0.15, -0.1) is 0 Å². The van der Waals surface area contributed by atoms with Crippen LogP contribution in [0.1, 0.15) is 19.8 Å². The lowest BCUT2D eigenvalue weighted by Crippen LogP contribution is -2.70. The zero-order valence-electron chi connectivity index (χ0n) is 22.1. The first-order valence-electron chi connectivity index (χ1n) is 13.2. The zero-order valence-corrected chi connectivity index (χ0v) is 22.1. The van der Waals surface area contributed by atoms with E-state index in [-0.39, 0.29) is 32.3 Å². The predicted molar refractivity (Wildman–Crippen MR) is 139 cm³/mol. The van der Waals surface area contributed by atoms with Crippen LogP contribution in [0.25, 0.3) is 0 Å². The second-order valence-corrected chi connectivity index (χ2v) is 10.8. The monoisotopic (exact) mass is 548 g/mol. The van der Waals surface area contributed by atoms with E-state index in [1.807, 2.05) is 6.08 Å². The fraction of sp³-hybridized carbons (Fsp3) is 0.913. The Hall–Kier alpha value is -1.02. The molecule has 2 heterocycles. The van der Waals surface area contributed by atoms with Crippen molar-refractivity contribution < 1.29 is 34.6 Å². The summed E-state index contributed by atoms with van der Waals surface area (Å²) in [4.78, 5) is 0. The highest BCUT2D eigenvalue weighted by Crippen LogP contribution is 2.36. The van der Waals surface area contributed by atoms with Crippen molar-refractivity contribution in [2.45, 2.75) is 92.6 Å². The standard InChI is InChI=1S/C23H48N8O7/c1-23(35)9-36-21(17(34)20(23)29-2)38-19-14(30-8-10(32)6-24)5-12(26)15(16(19)33)18-13(31-22(27)28)4-3-11(7-25)37-18/h3,10,12-22,29-35H,4-9,24-28H2,1-2H3/t10?,12-,13+,14+,15?,16-,17+,18-,19-,20+,21+,23-/m0/s1. The quantitative estimate of drug-likeness (QED) is 0.107. The molecule has 0 radical (unpaired) electrons. The maximum atomic E-state index is 11.7. The molecule has 2 unspecified atom stereocenters. The molecule has 0 amide bonds. The highest BCUT2D eigenvalue weighted by molar-refractivity contribution is 5.11. The Balaban J connectivity index is 1.88. The molecule has 222 valence electrons. The fourth-order valence-corrected chi connectivity index (χ4v) is 5.78. The Labute approximate surface area is 223 Å². The molecule has 1 saturated carbocycles. The normalized spacial score (nSPS) is 43.0. The van der Waals surface area contributed by atoms with Gasteiger partial charge in [0.2, 0.25) is 0 Å². The van der Waals surface area contributed by atoms with Crippen molar-refractivity contribution in [3.63, 3.8) is 0 Å². The van der Waals surface area contributed by atoms with E-state index in [4.69, 9.17) is 42.9 Å². The van der Waals surface area contributed by atoms with Crippen molar-refractivity contribution in [1.82, 2.24) is 16.0 Å². The topological polar surface area (TPSA) is 275 Å². The van der Waals surface area contributed by atoms with Gasteiger partial charge in [-0.3, -0.25) is 5.32 Å². The van der Waals surface area contributed by atoms with Gasteiger partial charge in [-0.1, -0.05) is 0 Å². The van der Waals surface area contributed by atoms with Gasteiger partial charge in [0, 0.05) is 31.1 Å². The Morgan fingerprint density at radius 1 is 1.21 bits per heavy atom. The molecule has 38 heavy (non-hydrogen) atoms. The molecule has 15 nitrogen and oxygen atoms in total. The van der Waals surface area contributed by atoms with Gasteiger partial charge in [0.05, 0.1) is 37.4 Å². The Kier molecular flexibility index (Phi) is 11.2. The van der Waals surface area contributed by atoms with Crippen molar-refractivity contribution in [2.75, 3.05) is 33.3 Å². The van der Waals surface area contributed by atoms with E-state index in [1.54, 1.807) is 14.0 Å². The number of aliphatic hydroxyl groups is 4. The summed E-state index contributed by atoms with van der Waals surface area (Å²) < 4.78 is 18.1. The number of nitrogens with two attached hydrogens (primary N) is 5. The van der Waals surface area contributed by atoms with E-state index >= 15 is 0 Å². The van der Waals surface area contributed by atoms with E-state index in [0.717, 1.165) is 0 Å². The van der Waals surface area contributed by atoms with Gasteiger partial charge in [0.1, 0.15) is 36.0 Å². The Morgan fingerprint density at radius 3 is 2.53 bits per heavy atom. The average Bonchev–Trinajstić information content (AvgIpc) is 2.86. The summed E-state index contributed by atoms with van der Waals surface area (Å²) in [6.45, 7) is 1.80. The van der Waals surface area contributed by atoms with Crippen LogP contribution in [0, 0.1) is 5.92 Å². The lowest BCUT2D eigenvalue weighted by Gasteiger charge is -2.51. The molecule has 0 bridgehead atoms. The molecular weight excluding hydrogens is 500 g/mol. The van der Waals surface area contributed by atoms with E-state index in [9.17, 15) is 20.4 Å². The first-order valence-corrected chi connectivity index (χ1v) is 13.2. The van der Waals surface area contributed by atoms with Gasteiger partial charge < -0.3 is 73.9 Å². The summed E-state index contributed by atoms with van der Waals surface area (Å²) in [5.41, 5.74) is 28.3. The minimum atomic E-state index is -1.34. The molecule has 2 aliphatic heterocycles. The molecule has 12 atom stereocenters. The number of likely N-dealkylation sites (N-methyl/N-ethyl adjacent to an activating group) is 1. The molecule has 3 aliphatic rings. The van der Waals surface area contributed by atoms with E-state index in [0.29, 0.717) is 18.6 Å². The van der Waals surface area contributed by atoms with Crippen LogP contribution in [0.3, 0.4) is 0 Å². The second kappa shape index (κ2) is 13.6. The van der Waals surface area contributed by atoms with Crippen LogP contribution in [-0.2, 0) is 14.2 Å². The number of ether oxygens (including phenoxy) is 3. The largest absolute Gasteiger partial charge is 0.492 e. The van der Waals surface area contributed by atoms with Crippen molar-refractivity contribution in [2.24, 2.45) is 34.6 Å². The third kappa shape index (κ3) is 7.18. The number of hydrogen-bond donors (Lipinski definition) is 12. The molecule has 17 N–H and O–H groups in total. The minimum absolute atomic E-state index is 0.0443. The van der Waals surface area contributed by atoms with Gasteiger partial charge in [0.25, 0.3) is 0 Å². The molecule has 3 rings (SSSR count). The third-order valence-electron chi connectivity index (χ3n) is 7.74. The van der Waals surface area contributed by atoms with Gasteiger partial charge >= 0.3 is 0 Å². The van der Waals surface area contributed by atoms with E-state index < -0.39 is 72.7 Å². The van der Waals surface area contributed by atoms with Gasteiger partial charge in [-0.05, 0) is 32.9 Å². The van der Waals surface area contributed by atoms with Crippen LogP contribution in [0.2, 0.25) is 0 Å². The predicted octanol–water partition coefficient (Wildman–Crippen LogP) is -5.80. The van der Waals surface area contributed by atoms with Crippen LogP contribution in [0.4, 0.5) is 0 Å². The number of rotatable bonds is 11. The summed E-state index contributed by atoms with van der Waals surface area (Å²) in [7, 11) is 1.62. The Bertz CT molecular complexity index is 778. The highest BCUT2D eigenvalue weighted by Gasteiger charge is 2.53. The van der Waals surface area contributed by atoms with Crippen molar-refractivity contribution in [1.29, 1.82) is 0 Å². The smallest absolute Gasteiger partial charge is 0.185 e. The first kappa shape index (κ1) is 31.5. The van der Waals surface area contributed by atoms with Crippen LogP contribution < -0.4 is 44.6 Å². The van der Waals surface area contributed by atoms with Gasteiger partial charge in [0.15, 0.2) is 6.29 Å². The molecular formula is C23H48N8O7. The number of hydrogen-bond acceptors (Lipinski definition) is 15. The van der Waals surface area contributed by atoms with Gasteiger partial charge in [-0.2, -0.15) is 0 Å². The average molecular weight is 549 g/mol. The second-order valence-electron chi connectivity index (χ2n) is 10.8. The lowest BCUT2D eigenvalue weighted by atomic mass is 9.72. The molecule has 0 aromatic rings. The van der Waals surface area contributed by atoms with Crippen molar-refractivity contribution in [3.05, 3.63) is 11.8 Å². The lowest BCUT2D eigenvalue weighted by molar-refractivity contribution is -0.298. The van der Waals surface area contributed by atoms with Gasteiger partial charge in [-0.25, -0.2) is 0 Å². The summed E-state index contributed by atoms with van der Waals surface area (Å²) in [5, 5.41) is 52.5. The summed E-state index contributed by atoms with van der Waals surface area (Å²) in [5.74, 6) is -0.0834. The summed E-state index contributed by atoms with van der Waals surface area (Å²) in [6.07, 6.45) is -4.13. The Morgan fingerprint density at radius 2 is 1.92 bits per heavy atom. The van der Waals surface area contributed by atoms with Crippen molar-refractivity contribution in [3.8, 4) is 0 Å². The molecule has 0 spiro atoms. The van der Waals surface area contributed by atoms with E-state index in [1.165, 1.54) is 0 Å². The van der Waals surface area contributed by atoms with Crippen LogP contribution in [0.5, 0.6) is 0 Å². The summed E-state index contributed by atoms with van der Waals surface area (Å²) in [6, 6.07) is -2.19. The van der Waals surface area contributed by atoms with Crippen LogP contribution in [-0.4, -0.2) is 127 Å². The zero-order chi connectivity index (χ0) is 28.2. The highest BCUT2D eigenvalue weighted by atomic mass is 16.7. The molecule has 1 saturated heterocycles. The molecule has 2 fully saturated rings. The molecule has 1 aliphatic carbocycles. The maximum Gasteiger partial charge on any atom is 0.185 e. The summed E-state index contributed by atoms with van der Waals surface area (Å²) >= 11 is 0. The number of aliphatic hydroxyl groups excluding tert-OH is 3. The van der Waals surface area contributed by atoms with Crippen LogP contribution >= 0.6 is 0 Å². The van der Waals surface area contributed by atoms with E-state index in [2.05, 4.69) is 16.0 Å². The molecule has 15 heteroatoms. The molecule has 0 aromatic heterocycles. The van der Waals surface area contributed by atoms with Crippen LogP contribution in [0.15, 0.2) is 11.8 Å². The minimum Gasteiger partial charge on any atom is -0.492 e. The first-order chi connectivity index (χ1) is 17.9. The maximum absolute atomic E-state index is 11.7. The fourth-order valence-electron chi connectivity index (χ4n) is 5.78. The third-order valence-corrected chi connectivity index (χ3v) is 7.74.